The third-order valence-corrected chi connectivity index (χ3v) is 5.37. The number of methoxy groups -OCH3 is 2. The van der Waals surface area contributed by atoms with Crippen molar-refractivity contribution in [3.05, 3.63) is 69.6 Å². The number of aromatic nitrogens is 2. The highest BCUT2D eigenvalue weighted by atomic mass is 79.9. The van der Waals surface area contributed by atoms with Gasteiger partial charge in [0, 0.05) is 20.1 Å². The summed E-state index contributed by atoms with van der Waals surface area (Å²) in [4.78, 5) is 9.94. The first-order valence-corrected chi connectivity index (χ1v) is 10.1. The predicted octanol–water partition coefficient (Wildman–Crippen LogP) is 6.51. The van der Waals surface area contributed by atoms with Crippen LogP contribution in [0.2, 0.25) is 0 Å². The maximum atomic E-state index is 5.53. The van der Waals surface area contributed by atoms with Gasteiger partial charge in [0.2, 0.25) is 0 Å². The van der Waals surface area contributed by atoms with Crippen LogP contribution in [0.5, 0.6) is 11.5 Å². The Labute approximate surface area is 179 Å². The molecule has 0 aliphatic carbocycles. The van der Waals surface area contributed by atoms with E-state index in [1.54, 1.807) is 14.2 Å². The first-order chi connectivity index (χ1) is 13.6. The predicted molar refractivity (Wildman–Crippen MR) is 119 cm³/mol. The maximum Gasteiger partial charge on any atom is 0.147 e. The minimum absolute atomic E-state index is 0.653. The summed E-state index contributed by atoms with van der Waals surface area (Å²) in [6.07, 6.45) is 0. The van der Waals surface area contributed by atoms with Crippen molar-refractivity contribution < 1.29 is 9.47 Å². The fourth-order valence-electron chi connectivity index (χ4n) is 3.09. The Kier molecular flexibility index (Phi) is 5.33. The summed E-state index contributed by atoms with van der Waals surface area (Å²) in [6, 6.07) is 19.7. The van der Waals surface area contributed by atoms with E-state index in [2.05, 4.69) is 31.9 Å². The maximum absolute atomic E-state index is 5.53. The van der Waals surface area contributed by atoms with Crippen molar-refractivity contribution in [3.8, 4) is 34.0 Å². The molecule has 0 aliphatic rings. The minimum atomic E-state index is 0.653. The molecule has 0 saturated heterocycles. The fraction of sp³-hybridized carbons (Fsp3) is 0.0909. The molecule has 0 saturated carbocycles. The van der Waals surface area contributed by atoms with Gasteiger partial charge in [-0.15, -0.1) is 0 Å². The number of benzene rings is 3. The van der Waals surface area contributed by atoms with Gasteiger partial charge in [-0.3, -0.25) is 0 Å². The lowest BCUT2D eigenvalue weighted by Gasteiger charge is -2.14. The van der Waals surface area contributed by atoms with Gasteiger partial charge in [0.05, 0.1) is 25.6 Å². The molecule has 3 aromatic carbocycles. The highest BCUT2D eigenvalue weighted by molar-refractivity contribution is 9.10. The molecule has 6 heteroatoms. The Balaban J connectivity index is 2.11. The molecule has 140 valence electrons. The molecule has 4 nitrogen and oxygen atoms in total. The molecule has 1 aromatic heterocycles. The average Bonchev–Trinajstić information content (AvgIpc) is 2.72. The Hall–Kier alpha value is -2.44. The molecule has 0 fully saturated rings. The van der Waals surface area contributed by atoms with Crippen LogP contribution in [-0.4, -0.2) is 24.2 Å². The van der Waals surface area contributed by atoms with Crippen molar-refractivity contribution in [3.63, 3.8) is 0 Å². The average molecular weight is 500 g/mol. The standard InChI is InChI=1S/C22H16Br2N2O2/c1-27-17-9-10-18(28-2)22-21(17)25-19(13-5-3-7-15(23)11-13)20(26-22)14-6-4-8-16(24)12-14/h3-12H,1-2H3. The second-order valence-electron chi connectivity index (χ2n) is 6.11. The molecule has 0 aliphatic heterocycles. The molecule has 28 heavy (non-hydrogen) atoms. The van der Waals surface area contributed by atoms with Gasteiger partial charge in [0.1, 0.15) is 22.5 Å². The van der Waals surface area contributed by atoms with Crippen LogP contribution >= 0.6 is 31.9 Å². The number of halogens is 2. The molecular weight excluding hydrogens is 484 g/mol. The Morgan fingerprint density at radius 3 is 1.43 bits per heavy atom. The van der Waals surface area contributed by atoms with E-state index >= 15 is 0 Å². The van der Waals surface area contributed by atoms with Crippen molar-refractivity contribution in [2.24, 2.45) is 0 Å². The number of ether oxygens (including phenoxy) is 2. The fourth-order valence-corrected chi connectivity index (χ4v) is 3.89. The van der Waals surface area contributed by atoms with Crippen LogP contribution in [0.1, 0.15) is 0 Å². The lowest BCUT2D eigenvalue weighted by atomic mass is 10.0. The van der Waals surface area contributed by atoms with E-state index in [1.165, 1.54) is 0 Å². The van der Waals surface area contributed by atoms with Crippen molar-refractivity contribution in [2.75, 3.05) is 14.2 Å². The SMILES string of the molecule is COc1ccc(OC)c2nc(-c3cccc(Br)c3)c(-c3cccc(Br)c3)nc12. The van der Waals surface area contributed by atoms with E-state index in [0.717, 1.165) is 31.5 Å². The van der Waals surface area contributed by atoms with Crippen LogP contribution in [0.3, 0.4) is 0 Å². The number of hydrogen-bond acceptors (Lipinski definition) is 4. The van der Waals surface area contributed by atoms with Crippen LogP contribution in [0.15, 0.2) is 69.6 Å². The summed E-state index contributed by atoms with van der Waals surface area (Å²) in [5.41, 5.74) is 4.80. The molecule has 0 bridgehead atoms. The van der Waals surface area contributed by atoms with Gasteiger partial charge < -0.3 is 9.47 Å². The molecule has 0 N–H and O–H groups in total. The molecule has 0 atom stereocenters. The second kappa shape index (κ2) is 7.89. The molecule has 0 amide bonds. The highest BCUT2D eigenvalue weighted by Crippen LogP contribution is 2.38. The summed E-state index contributed by atoms with van der Waals surface area (Å²) in [7, 11) is 3.26. The third-order valence-electron chi connectivity index (χ3n) is 4.38. The van der Waals surface area contributed by atoms with Crippen LogP contribution in [0.4, 0.5) is 0 Å². The van der Waals surface area contributed by atoms with Crippen molar-refractivity contribution in [1.82, 2.24) is 9.97 Å². The first kappa shape index (κ1) is 18.9. The van der Waals surface area contributed by atoms with E-state index in [0.29, 0.717) is 22.5 Å². The summed E-state index contributed by atoms with van der Waals surface area (Å²) in [5.74, 6) is 1.31. The van der Waals surface area contributed by atoms with Crippen molar-refractivity contribution in [1.29, 1.82) is 0 Å². The van der Waals surface area contributed by atoms with Gasteiger partial charge in [-0.05, 0) is 36.4 Å². The lowest BCUT2D eigenvalue weighted by molar-refractivity contribution is 0.409. The zero-order chi connectivity index (χ0) is 19.7. The summed E-state index contributed by atoms with van der Waals surface area (Å²) >= 11 is 7.10. The molecule has 0 spiro atoms. The summed E-state index contributed by atoms with van der Waals surface area (Å²) in [6.45, 7) is 0. The summed E-state index contributed by atoms with van der Waals surface area (Å²) < 4.78 is 13.0. The smallest absolute Gasteiger partial charge is 0.147 e. The Morgan fingerprint density at radius 2 is 1.07 bits per heavy atom. The zero-order valence-corrected chi connectivity index (χ0v) is 18.4. The highest BCUT2D eigenvalue weighted by Gasteiger charge is 2.18. The third kappa shape index (κ3) is 3.50. The first-order valence-electron chi connectivity index (χ1n) is 8.55. The number of hydrogen-bond donors (Lipinski definition) is 0. The molecule has 1 heterocycles. The molecule has 4 aromatic rings. The van der Waals surface area contributed by atoms with Crippen LogP contribution in [-0.2, 0) is 0 Å². The minimum Gasteiger partial charge on any atom is -0.494 e. The monoisotopic (exact) mass is 498 g/mol. The van der Waals surface area contributed by atoms with Crippen LogP contribution in [0, 0.1) is 0 Å². The number of nitrogens with zero attached hydrogens (tertiary/aromatic N) is 2. The number of fused-ring (bicyclic) bond motifs is 1. The molecule has 4 rings (SSSR count). The number of rotatable bonds is 4. The topological polar surface area (TPSA) is 44.2 Å². The van der Waals surface area contributed by atoms with Crippen molar-refractivity contribution in [2.45, 2.75) is 0 Å². The summed E-state index contributed by atoms with van der Waals surface area (Å²) in [5, 5.41) is 0. The van der Waals surface area contributed by atoms with Gasteiger partial charge in [0.15, 0.2) is 0 Å². The second-order valence-corrected chi connectivity index (χ2v) is 7.94. The van der Waals surface area contributed by atoms with E-state index < -0.39 is 0 Å². The van der Waals surface area contributed by atoms with Gasteiger partial charge in [-0.1, -0.05) is 56.1 Å². The quantitative estimate of drug-likeness (QED) is 0.321. The van der Waals surface area contributed by atoms with E-state index in [9.17, 15) is 0 Å². The normalized spacial score (nSPS) is 10.9. The molecule has 0 radical (unpaired) electrons. The Morgan fingerprint density at radius 1 is 0.643 bits per heavy atom. The van der Waals surface area contributed by atoms with Crippen LogP contribution < -0.4 is 9.47 Å². The van der Waals surface area contributed by atoms with Crippen LogP contribution in [0.25, 0.3) is 33.5 Å². The van der Waals surface area contributed by atoms with Gasteiger partial charge in [-0.25, -0.2) is 9.97 Å². The van der Waals surface area contributed by atoms with Gasteiger partial charge >= 0.3 is 0 Å². The largest absolute Gasteiger partial charge is 0.494 e. The Bertz CT molecular complexity index is 1090. The van der Waals surface area contributed by atoms with Gasteiger partial charge in [0.25, 0.3) is 0 Å². The molecular formula is C22H16Br2N2O2. The van der Waals surface area contributed by atoms with E-state index in [1.807, 2.05) is 60.7 Å². The zero-order valence-electron chi connectivity index (χ0n) is 15.2. The lowest BCUT2D eigenvalue weighted by Crippen LogP contribution is -1.99. The van der Waals surface area contributed by atoms with Gasteiger partial charge in [-0.2, -0.15) is 0 Å². The van der Waals surface area contributed by atoms with Crippen molar-refractivity contribution >= 4 is 42.9 Å². The van der Waals surface area contributed by atoms with E-state index in [-0.39, 0.29) is 0 Å². The molecule has 0 unspecified atom stereocenters. The van der Waals surface area contributed by atoms with E-state index in [4.69, 9.17) is 19.4 Å².